The van der Waals surface area contributed by atoms with Crippen LogP contribution in [0.15, 0.2) is 17.5 Å². The van der Waals surface area contributed by atoms with Gasteiger partial charge in [-0.05, 0) is 12.1 Å². The molecule has 0 fully saturated rings. The summed E-state index contributed by atoms with van der Waals surface area (Å²) < 4.78 is 0.700. The number of aromatic hydroxyl groups is 1. The second kappa shape index (κ2) is 3.01. The molecule has 0 atom stereocenters. The van der Waals surface area contributed by atoms with E-state index in [1.165, 1.54) is 17.4 Å². The van der Waals surface area contributed by atoms with E-state index >= 15 is 0 Å². The minimum Gasteiger partial charge on any atom is -0.506 e. The number of hydrogen-bond acceptors (Lipinski definition) is 3. The minimum absolute atomic E-state index is 0.126. The third kappa shape index (κ3) is 1.30. The van der Waals surface area contributed by atoms with Gasteiger partial charge < -0.3 is 5.11 Å². The van der Waals surface area contributed by atoms with E-state index in [9.17, 15) is 9.90 Å². The van der Waals surface area contributed by atoms with Gasteiger partial charge in [0.05, 0.1) is 4.70 Å². The fourth-order valence-corrected chi connectivity index (χ4v) is 2.32. The lowest BCUT2D eigenvalue weighted by Crippen LogP contribution is -1.75. The topological polar surface area (TPSA) is 37.3 Å². The molecule has 0 aliphatic rings. The molecule has 2 nitrogen and oxygen atoms in total. The molecule has 2 rings (SSSR count). The number of carbonyl (C=O) groups is 1. The van der Waals surface area contributed by atoms with Crippen LogP contribution in [0.5, 0.6) is 5.75 Å². The van der Waals surface area contributed by atoms with Gasteiger partial charge in [-0.1, -0.05) is 11.6 Å². The normalized spacial score (nSPS) is 10.5. The van der Waals surface area contributed by atoms with Gasteiger partial charge in [0.1, 0.15) is 5.75 Å². The Hall–Kier alpha value is -1.06. The van der Waals surface area contributed by atoms with E-state index < -0.39 is 0 Å². The van der Waals surface area contributed by atoms with E-state index in [4.69, 9.17) is 11.6 Å². The highest BCUT2D eigenvalue weighted by atomic mass is 35.5. The number of benzene rings is 1. The second-order valence-corrected chi connectivity index (χ2v) is 3.93. The summed E-state index contributed by atoms with van der Waals surface area (Å²) in [6, 6.07) is 3.14. The summed E-state index contributed by atoms with van der Waals surface area (Å²) in [4.78, 5) is 10.6. The van der Waals surface area contributed by atoms with Gasteiger partial charge in [0.25, 0.3) is 0 Å². The number of phenolic OH excluding ortho intramolecular Hbond substituents is 1. The first-order valence-electron chi connectivity index (χ1n) is 3.57. The number of phenols is 1. The highest BCUT2D eigenvalue weighted by Gasteiger charge is 2.07. The molecule has 0 unspecified atom stereocenters. The van der Waals surface area contributed by atoms with Crippen LogP contribution in [0, 0.1) is 0 Å². The molecule has 1 heterocycles. The molecule has 1 aromatic heterocycles. The lowest BCUT2D eigenvalue weighted by Gasteiger charge is -1.96. The van der Waals surface area contributed by atoms with Crippen molar-refractivity contribution in [3.63, 3.8) is 0 Å². The third-order valence-corrected chi connectivity index (χ3v) is 3.03. The smallest absolute Gasteiger partial charge is 0.151 e. The number of aldehydes is 1. The molecule has 4 heteroatoms. The zero-order valence-corrected chi connectivity index (χ0v) is 8.02. The largest absolute Gasteiger partial charge is 0.506 e. The van der Waals surface area contributed by atoms with Crippen molar-refractivity contribution in [3.05, 3.63) is 28.1 Å². The summed E-state index contributed by atoms with van der Waals surface area (Å²) in [5.74, 6) is 0.126. The molecule has 0 bridgehead atoms. The molecule has 0 saturated heterocycles. The average molecular weight is 213 g/mol. The minimum atomic E-state index is 0.126. The van der Waals surface area contributed by atoms with Crippen molar-refractivity contribution in [2.45, 2.75) is 0 Å². The highest BCUT2D eigenvalue weighted by Crippen LogP contribution is 2.35. The molecule has 13 heavy (non-hydrogen) atoms. The van der Waals surface area contributed by atoms with Gasteiger partial charge in [0, 0.05) is 21.4 Å². The lowest BCUT2D eigenvalue weighted by molar-refractivity contribution is 0.112. The molecular formula is C9H5ClO2S. The van der Waals surface area contributed by atoms with Gasteiger partial charge in [-0.25, -0.2) is 0 Å². The van der Waals surface area contributed by atoms with Crippen LogP contribution in [0.3, 0.4) is 0 Å². The lowest BCUT2D eigenvalue weighted by atomic mass is 10.2. The van der Waals surface area contributed by atoms with Crippen molar-refractivity contribution < 1.29 is 9.90 Å². The first-order chi connectivity index (χ1) is 6.22. The van der Waals surface area contributed by atoms with Gasteiger partial charge in [0.15, 0.2) is 6.29 Å². The van der Waals surface area contributed by atoms with Gasteiger partial charge in [-0.2, -0.15) is 0 Å². The molecule has 1 N–H and O–H groups in total. The van der Waals surface area contributed by atoms with Crippen LogP contribution in [0.1, 0.15) is 10.4 Å². The molecule has 0 aliphatic heterocycles. The summed E-state index contributed by atoms with van der Waals surface area (Å²) in [6.07, 6.45) is 0.759. The zero-order chi connectivity index (χ0) is 9.42. The Labute approximate surface area is 83.4 Å². The van der Waals surface area contributed by atoms with Crippen molar-refractivity contribution >= 4 is 39.3 Å². The Morgan fingerprint density at radius 3 is 2.92 bits per heavy atom. The maximum atomic E-state index is 10.6. The van der Waals surface area contributed by atoms with Crippen LogP contribution in [0.2, 0.25) is 5.02 Å². The van der Waals surface area contributed by atoms with E-state index in [0.717, 1.165) is 6.29 Å². The average Bonchev–Trinajstić information content (AvgIpc) is 2.47. The van der Waals surface area contributed by atoms with E-state index in [-0.39, 0.29) is 5.75 Å². The number of hydrogen-bond donors (Lipinski definition) is 1. The molecule has 0 radical (unpaired) electrons. The summed E-state index contributed by atoms with van der Waals surface area (Å²) in [7, 11) is 0. The SMILES string of the molecule is O=Cc1csc2c(O)cc(Cl)cc12. The van der Waals surface area contributed by atoms with Crippen molar-refractivity contribution in [3.8, 4) is 5.75 Å². The fourth-order valence-electron chi connectivity index (χ4n) is 1.19. The molecule has 0 aliphatic carbocycles. The predicted molar refractivity (Wildman–Crippen MR) is 53.9 cm³/mol. The first-order valence-corrected chi connectivity index (χ1v) is 4.83. The number of carbonyl (C=O) groups excluding carboxylic acids is 1. The summed E-state index contributed by atoms with van der Waals surface area (Å²) in [5, 5.41) is 12.3. The number of halogens is 1. The van der Waals surface area contributed by atoms with Crippen LogP contribution in [-0.4, -0.2) is 11.4 Å². The number of fused-ring (bicyclic) bond motifs is 1. The fraction of sp³-hybridized carbons (Fsp3) is 0. The molecule has 2 aromatic rings. The van der Waals surface area contributed by atoms with Gasteiger partial charge >= 0.3 is 0 Å². The van der Waals surface area contributed by atoms with Crippen molar-refractivity contribution in [1.29, 1.82) is 0 Å². The second-order valence-electron chi connectivity index (χ2n) is 2.61. The van der Waals surface area contributed by atoms with Crippen LogP contribution < -0.4 is 0 Å². The van der Waals surface area contributed by atoms with Crippen molar-refractivity contribution in [2.24, 2.45) is 0 Å². The van der Waals surface area contributed by atoms with Crippen LogP contribution >= 0.6 is 22.9 Å². The van der Waals surface area contributed by atoms with Crippen LogP contribution in [-0.2, 0) is 0 Å². The van der Waals surface area contributed by atoms with Crippen LogP contribution in [0.25, 0.3) is 10.1 Å². The quantitative estimate of drug-likeness (QED) is 0.738. The van der Waals surface area contributed by atoms with E-state index in [1.54, 1.807) is 11.4 Å². The van der Waals surface area contributed by atoms with Gasteiger partial charge in [0.2, 0.25) is 0 Å². The Morgan fingerprint density at radius 1 is 1.46 bits per heavy atom. The van der Waals surface area contributed by atoms with Crippen molar-refractivity contribution in [2.75, 3.05) is 0 Å². The Bertz CT molecular complexity index is 476. The Balaban J connectivity index is 2.89. The molecular weight excluding hydrogens is 208 g/mol. The summed E-state index contributed by atoms with van der Waals surface area (Å²) in [6.45, 7) is 0. The Morgan fingerprint density at radius 2 is 2.23 bits per heavy atom. The van der Waals surface area contributed by atoms with E-state index in [0.29, 0.717) is 20.7 Å². The number of thiophene rings is 1. The van der Waals surface area contributed by atoms with Gasteiger partial charge in [-0.15, -0.1) is 11.3 Å². The molecule has 66 valence electrons. The highest BCUT2D eigenvalue weighted by molar-refractivity contribution is 7.18. The summed E-state index contributed by atoms with van der Waals surface area (Å²) >= 11 is 7.07. The first kappa shape index (κ1) is 8.53. The molecule has 0 saturated carbocycles. The standard InChI is InChI=1S/C9H5ClO2S/c10-6-1-7-5(3-11)4-13-9(7)8(12)2-6/h1-4,12H. The zero-order valence-electron chi connectivity index (χ0n) is 6.45. The maximum absolute atomic E-state index is 10.6. The molecule has 1 aromatic carbocycles. The van der Waals surface area contributed by atoms with Crippen molar-refractivity contribution in [1.82, 2.24) is 0 Å². The van der Waals surface area contributed by atoms with E-state index in [1.807, 2.05) is 0 Å². The van der Waals surface area contributed by atoms with E-state index in [2.05, 4.69) is 0 Å². The summed E-state index contributed by atoms with van der Waals surface area (Å²) in [5.41, 5.74) is 0.567. The Kier molecular flexibility index (Phi) is 1.98. The molecule has 0 spiro atoms. The molecule has 0 amide bonds. The number of rotatable bonds is 1. The monoisotopic (exact) mass is 212 g/mol. The predicted octanol–water partition coefficient (Wildman–Crippen LogP) is 3.07. The van der Waals surface area contributed by atoms with Gasteiger partial charge in [-0.3, -0.25) is 4.79 Å². The third-order valence-electron chi connectivity index (χ3n) is 1.78. The van der Waals surface area contributed by atoms with Crippen LogP contribution in [0.4, 0.5) is 0 Å². The maximum Gasteiger partial charge on any atom is 0.151 e.